The Labute approximate surface area is 230 Å². The molecule has 0 bridgehead atoms. The number of anilines is 2. The van der Waals surface area contributed by atoms with Crippen molar-refractivity contribution in [3.63, 3.8) is 0 Å². The van der Waals surface area contributed by atoms with Crippen molar-refractivity contribution in [3.8, 4) is 11.3 Å². The minimum absolute atomic E-state index is 0.203. The maximum atomic E-state index is 13.7. The average molecular weight is 569 g/mol. The van der Waals surface area contributed by atoms with Crippen molar-refractivity contribution in [2.75, 3.05) is 11.9 Å². The summed E-state index contributed by atoms with van der Waals surface area (Å²) in [4.78, 5) is 16.5. The molecule has 5 rings (SSSR count). The number of pyridine rings is 2. The summed E-state index contributed by atoms with van der Waals surface area (Å²) in [6.07, 6.45) is -6.13. The monoisotopic (exact) mass is 568 g/mol. The summed E-state index contributed by atoms with van der Waals surface area (Å²) in [5.41, 5.74) is -0.256. The molecule has 0 fully saturated rings. The summed E-state index contributed by atoms with van der Waals surface area (Å²) in [7, 11) is 0. The molecule has 0 radical (unpaired) electrons. The van der Waals surface area contributed by atoms with Gasteiger partial charge >= 0.3 is 12.4 Å². The first-order valence-electron chi connectivity index (χ1n) is 12.5. The molecule has 2 N–H and O–H groups in total. The topological polar surface area (TPSA) is 75.6 Å². The van der Waals surface area contributed by atoms with E-state index in [1.807, 2.05) is 30.3 Å². The van der Waals surface area contributed by atoms with Crippen LogP contribution in [0.15, 0.2) is 85.2 Å². The molecule has 0 aliphatic rings. The lowest BCUT2D eigenvalue weighted by molar-refractivity contribution is -0.141. The van der Waals surface area contributed by atoms with E-state index in [9.17, 15) is 26.3 Å². The minimum atomic E-state index is -4.61. The van der Waals surface area contributed by atoms with Gasteiger partial charge in [0, 0.05) is 17.1 Å². The highest BCUT2D eigenvalue weighted by Gasteiger charge is 2.34. The molecule has 41 heavy (non-hydrogen) atoms. The molecule has 3 aromatic heterocycles. The van der Waals surface area contributed by atoms with Crippen LogP contribution in [0.1, 0.15) is 22.6 Å². The van der Waals surface area contributed by atoms with Gasteiger partial charge in [0.2, 0.25) is 0 Å². The predicted octanol–water partition coefficient (Wildman–Crippen LogP) is 7.20. The van der Waals surface area contributed by atoms with Crippen LogP contribution in [-0.2, 0) is 25.3 Å². The molecular weight excluding hydrogens is 546 g/mol. The molecule has 12 heteroatoms. The van der Waals surface area contributed by atoms with Crippen LogP contribution in [0.5, 0.6) is 0 Å². The third-order valence-electron chi connectivity index (χ3n) is 6.16. The van der Waals surface area contributed by atoms with Gasteiger partial charge in [-0.25, -0.2) is 15.0 Å². The van der Waals surface area contributed by atoms with Crippen molar-refractivity contribution in [1.29, 1.82) is 0 Å². The second-order valence-electron chi connectivity index (χ2n) is 9.08. The lowest BCUT2D eigenvalue weighted by Gasteiger charge is -2.14. The van der Waals surface area contributed by atoms with Crippen molar-refractivity contribution in [2.45, 2.75) is 25.3 Å². The summed E-state index contributed by atoms with van der Waals surface area (Å²) in [6, 6.07) is 18.6. The Balaban J connectivity index is 1.48. The lowest BCUT2D eigenvalue weighted by atomic mass is 10.0. The first-order valence-corrected chi connectivity index (χ1v) is 12.5. The fourth-order valence-electron chi connectivity index (χ4n) is 4.21. The van der Waals surface area contributed by atoms with E-state index in [0.29, 0.717) is 23.3 Å². The standard InChI is InChI=1S/C29H22F6N6/c30-28(31,32)22-7-4-13-37-26(22)19-8-10-21-23(15-19)40-25(17-36-14-12-18-5-2-1-3-6-18)41-27(21)39-20-9-11-24(38-16-20)29(33,34)35/h1-11,13,15-16,36H,12,14,17H2,(H,39,40,41). The summed E-state index contributed by atoms with van der Waals surface area (Å²) >= 11 is 0. The number of hydrogen-bond acceptors (Lipinski definition) is 6. The summed E-state index contributed by atoms with van der Waals surface area (Å²) in [5, 5.41) is 6.68. The highest BCUT2D eigenvalue weighted by atomic mass is 19.4. The van der Waals surface area contributed by atoms with Crippen LogP contribution in [0.25, 0.3) is 22.2 Å². The first kappa shape index (κ1) is 28.0. The van der Waals surface area contributed by atoms with E-state index >= 15 is 0 Å². The number of rotatable bonds is 8. The quantitative estimate of drug-likeness (QED) is 0.152. The van der Waals surface area contributed by atoms with Gasteiger partial charge in [0.25, 0.3) is 0 Å². The Hall–Kier alpha value is -4.58. The molecule has 210 valence electrons. The van der Waals surface area contributed by atoms with Crippen molar-refractivity contribution in [1.82, 2.24) is 25.3 Å². The number of aromatic nitrogens is 4. The van der Waals surface area contributed by atoms with E-state index in [4.69, 9.17) is 0 Å². The molecule has 2 aromatic carbocycles. The summed E-state index contributed by atoms with van der Waals surface area (Å²) < 4.78 is 79.8. The van der Waals surface area contributed by atoms with E-state index in [1.165, 1.54) is 30.5 Å². The van der Waals surface area contributed by atoms with Crippen LogP contribution in [0, 0.1) is 0 Å². The Morgan fingerprint density at radius 1 is 0.756 bits per heavy atom. The molecule has 0 atom stereocenters. The predicted molar refractivity (Wildman–Crippen MR) is 142 cm³/mol. The van der Waals surface area contributed by atoms with Crippen LogP contribution < -0.4 is 10.6 Å². The van der Waals surface area contributed by atoms with Gasteiger partial charge in [-0.2, -0.15) is 26.3 Å². The zero-order valence-electron chi connectivity index (χ0n) is 21.3. The fourth-order valence-corrected chi connectivity index (χ4v) is 4.21. The number of alkyl halides is 6. The number of benzene rings is 2. The summed E-state index contributed by atoms with van der Waals surface area (Å²) in [6.45, 7) is 0.851. The Morgan fingerprint density at radius 2 is 1.56 bits per heavy atom. The van der Waals surface area contributed by atoms with E-state index in [1.54, 1.807) is 6.07 Å². The fraction of sp³-hybridized carbons (Fsp3) is 0.172. The number of nitrogens with one attached hydrogen (secondary N) is 2. The molecule has 0 unspecified atom stereocenters. The minimum Gasteiger partial charge on any atom is -0.338 e. The second-order valence-corrected chi connectivity index (χ2v) is 9.08. The van der Waals surface area contributed by atoms with Crippen LogP contribution in [-0.4, -0.2) is 26.5 Å². The maximum Gasteiger partial charge on any atom is 0.433 e. The van der Waals surface area contributed by atoms with Crippen LogP contribution in [0.3, 0.4) is 0 Å². The SMILES string of the molecule is FC(F)(F)c1ccc(Nc2nc(CNCCc3ccccc3)nc3cc(-c4ncccc4C(F)(F)F)ccc23)cn1. The number of halogens is 6. The van der Waals surface area contributed by atoms with Crippen molar-refractivity contribution in [2.24, 2.45) is 0 Å². The van der Waals surface area contributed by atoms with E-state index in [-0.39, 0.29) is 29.3 Å². The number of nitrogens with zero attached hydrogens (tertiary/aromatic N) is 4. The zero-order chi connectivity index (χ0) is 29.0. The third kappa shape index (κ3) is 6.77. The molecule has 0 spiro atoms. The van der Waals surface area contributed by atoms with Gasteiger partial charge in [-0.15, -0.1) is 0 Å². The van der Waals surface area contributed by atoms with E-state index in [2.05, 4.69) is 30.6 Å². The van der Waals surface area contributed by atoms with Gasteiger partial charge in [0.15, 0.2) is 0 Å². The third-order valence-corrected chi connectivity index (χ3v) is 6.16. The highest BCUT2D eigenvalue weighted by molar-refractivity contribution is 5.93. The van der Waals surface area contributed by atoms with Crippen LogP contribution in [0.2, 0.25) is 0 Å². The molecule has 0 aliphatic heterocycles. The smallest absolute Gasteiger partial charge is 0.338 e. The van der Waals surface area contributed by atoms with Crippen molar-refractivity contribution in [3.05, 3.63) is 108 Å². The molecule has 3 heterocycles. The van der Waals surface area contributed by atoms with Gasteiger partial charge in [0.1, 0.15) is 17.3 Å². The van der Waals surface area contributed by atoms with Crippen molar-refractivity contribution < 1.29 is 26.3 Å². The molecule has 0 aliphatic carbocycles. The Morgan fingerprint density at radius 3 is 2.27 bits per heavy atom. The second kappa shape index (κ2) is 11.5. The Bertz CT molecular complexity index is 1640. The van der Waals surface area contributed by atoms with E-state index < -0.39 is 23.6 Å². The molecule has 0 amide bonds. The molecular formula is C29H22F6N6. The van der Waals surface area contributed by atoms with Gasteiger partial charge in [-0.1, -0.05) is 36.4 Å². The highest BCUT2D eigenvalue weighted by Crippen LogP contribution is 2.37. The maximum absolute atomic E-state index is 13.7. The molecule has 6 nitrogen and oxygen atoms in total. The van der Waals surface area contributed by atoms with Gasteiger partial charge in [0.05, 0.1) is 35.2 Å². The van der Waals surface area contributed by atoms with Crippen LogP contribution >= 0.6 is 0 Å². The first-order chi connectivity index (χ1) is 19.6. The Kier molecular flexibility index (Phi) is 7.84. The zero-order valence-corrected chi connectivity index (χ0v) is 21.3. The van der Waals surface area contributed by atoms with Gasteiger partial charge in [-0.05, 0) is 54.9 Å². The van der Waals surface area contributed by atoms with Gasteiger partial charge < -0.3 is 10.6 Å². The number of fused-ring (bicyclic) bond motifs is 1. The van der Waals surface area contributed by atoms with Crippen LogP contribution in [0.4, 0.5) is 37.8 Å². The molecule has 0 saturated carbocycles. The van der Waals surface area contributed by atoms with Crippen molar-refractivity contribution >= 4 is 22.4 Å². The van der Waals surface area contributed by atoms with E-state index in [0.717, 1.165) is 30.3 Å². The number of hydrogen-bond donors (Lipinski definition) is 2. The molecule has 0 saturated heterocycles. The lowest BCUT2D eigenvalue weighted by Crippen LogP contribution is -2.19. The normalized spacial score (nSPS) is 12.0. The molecule has 5 aromatic rings. The average Bonchev–Trinajstić information content (AvgIpc) is 2.95. The van der Waals surface area contributed by atoms with Gasteiger partial charge in [-0.3, -0.25) is 4.98 Å². The largest absolute Gasteiger partial charge is 0.433 e. The summed E-state index contributed by atoms with van der Waals surface area (Å²) in [5.74, 6) is 0.599.